The monoisotopic (exact) mass is 485 g/mol. The number of pyridine rings is 1. The normalized spacial score (nSPS) is 13.5. The lowest BCUT2D eigenvalue weighted by Crippen LogP contribution is -2.15. The number of carbonyl (C=O) groups excluding carboxylic acids is 2. The van der Waals surface area contributed by atoms with Gasteiger partial charge >= 0.3 is 5.97 Å². The molecule has 2 heterocycles. The minimum absolute atomic E-state index is 0.154. The van der Waals surface area contributed by atoms with E-state index in [0.717, 1.165) is 49.8 Å². The second kappa shape index (κ2) is 12.2. The van der Waals surface area contributed by atoms with E-state index in [1.165, 1.54) is 41.5 Å². The largest absolute Gasteiger partial charge is 0.465 e. The molecule has 2 aromatic rings. The van der Waals surface area contributed by atoms with Gasteiger partial charge in [0, 0.05) is 22.7 Å². The van der Waals surface area contributed by atoms with Crippen molar-refractivity contribution >= 4 is 40.0 Å². The fourth-order valence-electron chi connectivity index (χ4n) is 3.96. The number of anilines is 1. The van der Waals surface area contributed by atoms with Crippen LogP contribution in [0.4, 0.5) is 5.00 Å². The fourth-order valence-corrected chi connectivity index (χ4v) is 6.19. The topological polar surface area (TPSA) is 92.1 Å². The van der Waals surface area contributed by atoms with Crippen molar-refractivity contribution in [3.63, 3.8) is 0 Å². The zero-order valence-electron chi connectivity index (χ0n) is 19.5. The summed E-state index contributed by atoms with van der Waals surface area (Å²) in [5.41, 5.74) is 3.05. The molecule has 0 atom stereocenters. The van der Waals surface area contributed by atoms with Gasteiger partial charge in [0.05, 0.1) is 18.2 Å². The number of aryl methyl sites for hydroxylation is 1. The quantitative estimate of drug-likeness (QED) is 0.376. The van der Waals surface area contributed by atoms with E-state index in [9.17, 15) is 14.9 Å². The molecule has 3 rings (SSSR count). The molecule has 176 valence electrons. The Balaban J connectivity index is 1.67. The highest BCUT2D eigenvalue weighted by atomic mass is 32.2. The highest BCUT2D eigenvalue weighted by molar-refractivity contribution is 7.99. The van der Waals surface area contributed by atoms with Crippen molar-refractivity contribution in [2.24, 2.45) is 5.92 Å². The predicted octanol–water partition coefficient (Wildman–Crippen LogP) is 5.78. The number of aromatic nitrogens is 1. The summed E-state index contributed by atoms with van der Waals surface area (Å²) in [5.74, 6) is 0.432. The second-order valence-electron chi connectivity index (χ2n) is 8.63. The van der Waals surface area contributed by atoms with E-state index < -0.39 is 0 Å². The number of hydrogen-bond donors (Lipinski definition) is 1. The molecule has 1 N–H and O–H groups in total. The van der Waals surface area contributed by atoms with Crippen LogP contribution in [0.5, 0.6) is 0 Å². The first-order valence-corrected chi connectivity index (χ1v) is 13.3. The lowest BCUT2D eigenvalue weighted by atomic mass is 9.96. The average molecular weight is 486 g/mol. The van der Waals surface area contributed by atoms with E-state index in [2.05, 4.69) is 30.2 Å². The molecule has 0 saturated heterocycles. The number of amides is 1. The van der Waals surface area contributed by atoms with Crippen LogP contribution < -0.4 is 5.32 Å². The van der Waals surface area contributed by atoms with Gasteiger partial charge in [-0.2, -0.15) is 5.26 Å². The van der Waals surface area contributed by atoms with Crippen molar-refractivity contribution in [1.82, 2.24) is 4.98 Å². The molecule has 0 aliphatic heterocycles. The zero-order chi connectivity index (χ0) is 23.8. The van der Waals surface area contributed by atoms with Gasteiger partial charge in [-0.1, -0.05) is 26.7 Å². The summed E-state index contributed by atoms with van der Waals surface area (Å²) in [4.78, 5) is 31.1. The summed E-state index contributed by atoms with van der Waals surface area (Å²) in [6, 6.07) is 5.88. The Labute approximate surface area is 204 Å². The Kier molecular flexibility index (Phi) is 9.33. The number of thioether (sulfide) groups is 1. The van der Waals surface area contributed by atoms with Crippen LogP contribution in [0, 0.1) is 17.2 Å². The summed E-state index contributed by atoms with van der Waals surface area (Å²) in [6.45, 7) is 4.26. The van der Waals surface area contributed by atoms with Gasteiger partial charge in [0.25, 0.3) is 0 Å². The Morgan fingerprint density at radius 3 is 2.70 bits per heavy atom. The van der Waals surface area contributed by atoms with Crippen LogP contribution in [0.25, 0.3) is 0 Å². The third-order valence-corrected chi connectivity index (χ3v) is 7.74. The SMILES string of the molecule is COC(=O)c1c(NC(=O)CCSc2nc(CC(C)C)ccc2C#N)sc2c1CCCCCC2. The lowest BCUT2D eigenvalue weighted by Gasteiger charge is -2.11. The van der Waals surface area contributed by atoms with Gasteiger partial charge in [-0.15, -0.1) is 23.1 Å². The summed E-state index contributed by atoms with van der Waals surface area (Å²) >= 11 is 2.92. The number of hydrogen-bond acceptors (Lipinski definition) is 7. The molecule has 0 aromatic carbocycles. The number of ether oxygens (including phenoxy) is 1. The van der Waals surface area contributed by atoms with Gasteiger partial charge in [0.2, 0.25) is 5.91 Å². The van der Waals surface area contributed by atoms with E-state index in [0.29, 0.717) is 32.8 Å². The third-order valence-electron chi connectivity index (χ3n) is 5.54. The molecular formula is C25H31N3O3S2. The van der Waals surface area contributed by atoms with E-state index in [1.807, 2.05) is 6.07 Å². The van der Waals surface area contributed by atoms with Gasteiger partial charge in [-0.25, -0.2) is 9.78 Å². The van der Waals surface area contributed by atoms with Crippen LogP contribution >= 0.6 is 23.1 Å². The number of fused-ring (bicyclic) bond motifs is 1. The van der Waals surface area contributed by atoms with Crippen LogP contribution in [0.15, 0.2) is 17.2 Å². The number of nitrogens with one attached hydrogen (secondary N) is 1. The molecule has 0 unspecified atom stereocenters. The number of rotatable bonds is 8. The number of carbonyl (C=O) groups is 2. The molecule has 8 heteroatoms. The predicted molar refractivity (Wildman–Crippen MR) is 133 cm³/mol. The maximum Gasteiger partial charge on any atom is 0.341 e. The molecule has 0 fully saturated rings. The van der Waals surface area contributed by atoms with Gasteiger partial charge in [0.15, 0.2) is 0 Å². The summed E-state index contributed by atoms with van der Waals surface area (Å²) in [7, 11) is 1.38. The van der Waals surface area contributed by atoms with Gasteiger partial charge in [0.1, 0.15) is 16.1 Å². The molecule has 0 spiro atoms. The Hall–Kier alpha value is -2.37. The average Bonchev–Trinajstić information content (AvgIpc) is 3.08. The number of methoxy groups -OCH3 is 1. The van der Waals surface area contributed by atoms with Crippen molar-refractivity contribution in [2.75, 3.05) is 18.2 Å². The molecule has 6 nitrogen and oxygen atoms in total. The minimum atomic E-state index is -0.387. The first-order valence-electron chi connectivity index (χ1n) is 11.5. The van der Waals surface area contributed by atoms with Crippen LogP contribution in [0.2, 0.25) is 0 Å². The van der Waals surface area contributed by atoms with Crippen molar-refractivity contribution in [1.29, 1.82) is 5.26 Å². The smallest absolute Gasteiger partial charge is 0.341 e. The van der Waals surface area contributed by atoms with E-state index in [1.54, 1.807) is 6.07 Å². The highest BCUT2D eigenvalue weighted by Crippen LogP contribution is 2.37. The van der Waals surface area contributed by atoms with Crippen molar-refractivity contribution in [2.45, 2.75) is 70.2 Å². The maximum atomic E-state index is 12.7. The zero-order valence-corrected chi connectivity index (χ0v) is 21.2. The van der Waals surface area contributed by atoms with Crippen molar-refractivity contribution in [3.8, 4) is 6.07 Å². The van der Waals surface area contributed by atoms with Crippen LogP contribution in [0.1, 0.15) is 78.0 Å². The molecule has 1 aliphatic carbocycles. The number of nitrogens with zero attached hydrogens (tertiary/aromatic N) is 2. The maximum absolute atomic E-state index is 12.7. The highest BCUT2D eigenvalue weighted by Gasteiger charge is 2.25. The van der Waals surface area contributed by atoms with Crippen LogP contribution in [-0.4, -0.2) is 29.7 Å². The standard InChI is InChI=1S/C25H31N3O3S2/c1-16(2)14-18-11-10-17(15-26)23(27-18)32-13-12-21(29)28-24-22(25(30)31-3)19-8-6-4-5-7-9-20(19)33-24/h10-11,16H,4-9,12-14H2,1-3H3,(H,28,29). The van der Waals surface area contributed by atoms with Crippen molar-refractivity contribution < 1.29 is 14.3 Å². The summed E-state index contributed by atoms with van der Waals surface area (Å²) < 4.78 is 5.03. The lowest BCUT2D eigenvalue weighted by molar-refractivity contribution is -0.115. The molecular weight excluding hydrogens is 454 g/mol. The number of nitriles is 1. The number of esters is 1. The molecule has 2 aromatic heterocycles. The minimum Gasteiger partial charge on any atom is -0.465 e. The fraction of sp³-hybridized carbons (Fsp3) is 0.520. The van der Waals surface area contributed by atoms with Crippen LogP contribution in [-0.2, 0) is 28.8 Å². The summed E-state index contributed by atoms with van der Waals surface area (Å²) in [6.07, 6.45) is 7.38. The Morgan fingerprint density at radius 1 is 1.24 bits per heavy atom. The molecule has 1 amide bonds. The van der Waals surface area contributed by atoms with Crippen molar-refractivity contribution in [3.05, 3.63) is 39.4 Å². The second-order valence-corrected chi connectivity index (χ2v) is 10.8. The molecule has 0 bridgehead atoms. The first-order chi connectivity index (χ1) is 15.9. The first kappa shape index (κ1) is 25.3. The number of thiophene rings is 1. The van der Waals surface area contributed by atoms with Crippen LogP contribution in [0.3, 0.4) is 0 Å². The van der Waals surface area contributed by atoms with E-state index in [4.69, 9.17) is 4.74 Å². The van der Waals surface area contributed by atoms with Gasteiger partial charge in [-0.3, -0.25) is 4.79 Å². The Bertz CT molecular complexity index is 1040. The van der Waals surface area contributed by atoms with Gasteiger partial charge < -0.3 is 10.1 Å². The van der Waals surface area contributed by atoms with E-state index >= 15 is 0 Å². The van der Waals surface area contributed by atoms with E-state index in [-0.39, 0.29) is 18.3 Å². The van der Waals surface area contributed by atoms with Gasteiger partial charge in [-0.05, 0) is 55.7 Å². The summed E-state index contributed by atoms with van der Waals surface area (Å²) in [5, 5.41) is 13.6. The molecule has 0 radical (unpaired) electrons. The Morgan fingerprint density at radius 2 is 2.00 bits per heavy atom. The molecule has 33 heavy (non-hydrogen) atoms. The third kappa shape index (κ3) is 6.81. The molecule has 1 aliphatic rings. The molecule has 0 saturated carbocycles.